The van der Waals surface area contributed by atoms with Crippen molar-refractivity contribution in [1.82, 2.24) is 20.2 Å². The molecule has 2 heterocycles. The van der Waals surface area contributed by atoms with Gasteiger partial charge in [0.05, 0.1) is 29.5 Å². The van der Waals surface area contributed by atoms with Gasteiger partial charge in [0.1, 0.15) is 11.4 Å². The number of nitrogens with zero attached hydrogens (tertiary/aromatic N) is 4. The van der Waals surface area contributed by atoms with Gasteiger partial charge in [-0.2, -0.15) is 10.2 Å². The first-order chi connectivity index (χ1) is 19.7. The van der Waals surface area contributed by atoms with Crippen molar-refractivity contribution in [2.45, 2.75) is 6.54 Å². The summed E-state index contributed by atoms with van der Waals surface area (Å²) in [5, 5.41) is 20.2. The topological polar surface area (TPSA) is 92.4 Å². The van der Waals surface area contributed by atoms with Gasteiger partial charge in [-0.3, -0.25) is 9.48 Å². The van der Waals surface area contributed by atoms with E-state index in [1.165, 1.54) is 0 Å². The van der Waals surface area contributed by atoms with E-state index in [4.69, 9.17) is 5.10 Å². The Morgan fingerprint density at radius 3 is 2.38 bits per heavy atom. The van der Waals surface area contributed by atoms with Crippen molar-refractivity contribution in [3.63, 3.8) is 0 Å². The highest BCUT2D eigenvalue weighted by Gasteiger charge is 2.16. The molecule has 0 spiro atoms. The van der Waals surface area contributed by atoms with Gasteiger partial charge in [0.15, 0.2) is 0 Å². The molecular formula is C33H25N5O2. The van der Waals surface area contributed by atoms with Gasteiger partial charge in [-0.15, -0.1) is 0 Å². The van der Waals surface area contributed by atoms with E-state index in [-0.39, 0.29) is 11.7 Å². The third-order valence-electron chi connectivity index (χ3n) is 6.54. The molecule has 0 saturated carbocycles. The van der Waals surface area contributed by atoms with Crippen molar-refractivity contribution in [3.8, 4) is 28.3 Å². The van der Waals surface area contributed by atoms with Crippen LogP contribution in [0.15, 0.2) is 127 Å². The Balaban J connectivity index is 1.31. The first kappa shape index (κ1) is 24.8. The van der Waals surface area contributed by atoms with Crippen LogP contribution in [0.2, 0.25) is 0 Å². The number of phenolic OH excluding ortho intramolecular Hbond substituents is 1. The van der Waals surface area contributed by atoms with Gasteiger partial charge in [-0.05, 0) is 29.8 Å². The number of rotatable bonds is 7. The third kappa shape index (κ3) is 5.21. The molecule has 0 saturated heterocycles. The van der Waals surface area contributed by atoms with Gasteiger partial charge in [0.2, 0.25) is 0 Å². The van der Waals surface area contributed by atoms with E-state index in [0.29, 0.717) is 34.3 Å². The molecule has 0 fully saturated rings. The Morgan fingerprint density at radius 2 is 1.57 bits per heavy atom. The lowest BCUT2D eigenvalue weighted by Gasteiger charge is -2.10. The SMILES string of the molecule is O=C(N/N=C\c1cn(Cc2ccccc2)nc1-c1ccccc1)c1cc(-c2ccccc2O)nc2ccccc12. The van der Waals surface area contributed by atoms with Crippen LogP contribution < -0.4 is 5.43 Å². The number of benzene rings is 4. The summed E-state index contributed by atoms with van der Waals surface area (Å²) in [5.74, 6) is -0.292. The number of fused-ring (bicyclic) bond motifs is 1. The Bertz CT molecular complexity index is 1830. The maximum atomic E-state index is 13.4. The predicted octanol–water partition coefficient (Wildman–Crippen LogP) is 6.28. The summed E-state index contributed by atoms with van der Waals surface area (Å²) >= 11 is 0. The molecule has 0 aliphatic rings. The second-order valence-corrected chi connectivity index (χ2v) is 9.27. The van der Waals surface area contributed by atoms with Crippen LogP contribution in [0.3, 0.4) is 0 Å². The quantitative estimate of drug-likeness (QED) is 0.190. The molecule has 0 radical (unpaired) electrons. The number of aromatic hydroxyl groups is 1. The summed E-state index contributed by atoms with van der Waals surface area (Å²) in [6.07, 6.45) is 3.53. The first-order valence-electron chi connectivity index (χ1n) is 12.8. The number of amides is 1. The van der Waals surface area contributed by atoms with E-state index in [0.717, 1.165) is 22.4 Å². The lowest BCUT2D eigenvalue weighted by Crippen LogP contribution is -2.18. The van der Waals surface area contributed by atoms with Gasteiger partial charge in [-0.25, -0.2) is 10.4 Å². The summed E-state index contributed by atoms with van der Waals surface area (Å²) in [6, 6.07) is 36.0. The molecule has 0 unspecified atom stereocenters. The standard InChI is InChI=1S/C33H25N5O2/c39-31-18-10-8-16-27(31)30-19-28(26-15-7-9-17-29(26)35-30)33(40)36-34-20-25-22-38(21-23-11-3-1-4-12-23)37-32(25)24-13-5-2-6-14-24/h1-20,22,39H,21H2,(H,36,40)/b34-20-. The highest BCUT2D eigenvalue weighted by molar-refractivity contribution is 6.07. The molecule has 0 bridgehead atoms. The van der Waals surface area contributed by atoms with Gasteiger partial charge in [0, 0.05) is 28.3 Å². The van der Waals surface area contributed by atoms with E-state index in [1.807, 2.05) is 89.7 Å². The monoisotopic (exact) mass is 523 g/mol. The average Bonchev–Trinajstić information content (AvgIpc) is 3.40. The van der Waals surface area contributed by atoms with E-state index in [1.54, 1.807) is 30.5 Å². The second kappa shape index (κ2) is 11.0. The normalized spacial score (nSPS) is 11.2. The largest absolute Gasteiger partial charge is 0.507 e. The molecule has 194 valence electrons. The fraction of sp³-hybridized carbons (Fsp3) is 0.0303. The maximum absolute atomic E-state index is 13.4. The molecule has 40 heavy (non-hydrogen) atoms. The van der Waals surface area contributed by atoms with Crippen LogP contribution in [0, 0.1) is 0 Å². The second-order valence-electron chi connectivity index (χ2n) is 9.27. The smallest absolute Gasteiger partial charge is 0.272 e. The number of hydrogen-bond acceptors (Lipinski definition) is 5. The van der Waals surface area contributed by atoms with Crippen LogP contribution >= 0.6 is 0 Å². The molecule has 7 nitrogen and oxygen atoms in total. The van der Waals surface area contributed by atoms with Crippen molar-refractivity contribution in [3.05, 3.63) is 138 Å². The van der Waals surface area contributed by atoms with Gasteiger partial charge in [-0.1, -0.05) is 91.0 Å². The zero-order valence-corrected chi connectivity index (χ0v) is 21.5. The van der Waals surface area contributed by atoms with Crippen molar-refractivity contribution >= 4 is 23.0 Å². The van der Waals surface area contributed by atoms with E-state index < -0.39 is 0 Å². The number of carbonyl (C=O) groups is 1. The zero-order valence-electron chi connectivity index (χ0n) is 21.5. The van der Waals surface area contributed by atoms with Crippen LogP contribution in [0.25, 0.3) is 33.4 Å². The number of hydrogen-bond donors (Lipinski definition) is 2. The summed E-state index contributed by atoms with van der Waals surface area (Å²) in [6.45, 7) is 0.610. The number of nitrogens with one attached hydrogen (secondary N) is 1. The van der Waals surface area contributed by atoms with Crippen molar-refractivity contribution < 1.29 is 9.90 Å². The summed E-state index contributed by atoms with van der Waals surface area (Å²) in [4.78, 5) is 18.1. The third-order valence-corrected chi connectivity index (χ3v) is 6.54. The molecule has 1 amide bonds. The summed E-state index contributed by atoms with van der Waals surface area (Å²) in [5.41, 5.74) is 8.40. The van der Waals surface area contributed by atoms with E-state index in [9.17, 15) is 9.90 Å². The lowest BCUT2D eigenvalue weighted by atomic mass is 10.0. The van der Waals surface area contributed by atoms with Gasteiger partial charge < -0.3 is 5.11 Å². The predicted molar refractivity (Wildman–Crippen MR) is 157 cm³/mol. The molecule has 6 aromatic rings. The number of phenols is 1. The van der Waals surface area contributed by atoms with Crippen LogP contribution in [-0.4, -0.2) is 32.0 Å². The number of carbonyl (C=O) groups excluding carboxylic acids is 1. The average molecular weight is 524 g/mol. The van der Waals surface area contributed by atoms with E-state index >= 15 is 0 Å². The molecule has 7 heteroatoms. The molecular weight excluding hydrogens is 498 g/mol. The number of pyridine rings is 1. The molecule has 0 atom stereocenters. The van der Waals surface area contributed by atoms with Crippen LogP contribution in [0.1, 0.15) is 21.5 Å². The maximum Gasteiger partial charge on any atom is 0.272 e. The van der Waals surface area contributed by atoms with Crippen LogP contribution in [-0.2, 0) is 6.54 Å². The minimum absolute atomic E-state index is 0.0932. The van der Waals surface area contributed by atoms with Crippen molar-refractivity contribution in [2.24, 2.45) is 5.10 Å². The number of para-hydroxylation sites is 2. The highest BCUT2D eigenvalue weighted by Crippen LogP contribution is 2.30. The fourth-order valence-electron chi connectivity index (χ4n) is 4.62. The first-order valence-corrected chi connectivity index (χ1v) is 12.8. The van der Waals surface area contributed by atoms with Crippen LogP contribution in [0.5, 0.6) is 5.75 Å². The molecule has 0 aliphatic carbocycles. The Morgan fingerprint density at radius 1 is 0.875 bits per heavy atom. The Hall–Kier alpha value is -5.56. The molecule has 4 aromatic carbocycles. The Kier molecular flexibility index (Phi) is 6.84. The van der Waals surface area contributed by atoms with Crippen molar-refractivity contribution in [2.75, 3.05) is 0 Å². The fourth-order valence-corrected chi connectivity index (χ4v) is 4.62. The van der Waals surface area contributed by atoms with Crippen LogP contribution in [0.4, 0.5) is 0 Å². The molecule has 2 aromatic heterocycles. The Labute approximate surface area is 231 Å². The van der Waals surface area contributed by atoms with E-state index in [2.05, 4.69) is 27.6 Å². The summed E-state index contributed by atoms with van der Waals surface area (Å²) < 4.78 is 1.87. The minimum atomic E-state index is -0.385. The molecule has 2 N–H and O–H groups in total. The highest BCUT2D eigenvalue weighted by atomic mass is 16.3. The molecule has 0 aliphatic heterocycles. The minimum Gasteiger partial charge on any atom is -0.507 e. The number of aromatic nitrogens is 3. The molecule has 6 rings (SSSR count). The van der Waals surface area contributed by atoms with Gasteiger partial charge in [0.25, 0.3) is 5.91 Å². The zero-order chi connectivity index (χ0) is 27.3. The summed E-state index contributed by atoms with van der Waals surface area (Å²) in [7, 11) is 0. The van der Waals surface area contributed by atoms with Gasteiger partial charge >= 0.3 is 0 Å². The van der Waals surface area contributed by atoms with Crippen molar-refractivity contribution in [1.29, 1.82) is 0 Å². The number of hydrazone groups is 1. The lowest BCUT2D eigenvalue weighted by molar-refractivity contribution is 0.0956.